The largest absolute Gasteiger partial charge is 0.487 e. The fourth-order valence-corrected chi connectivity index (χ4v) is 2.99. The van der Waals surface area contributed by atoms with Crippen LogP contribution in [0.2, 0.25) is 5.02 Å². The Kier molecular flexibility index (Phi) is 4.73. The van der Waals surface area contributed by atoms with E-state index in [0.29, 0.717) is 16.5 Å². The molecule has 0 saturated heterocycles. The van der Waals surface area contributed by atoms with E-state index in [1.807, 2.05) is 37.3 Å². The molecule has 0 N–H and O–H groups in total. The standard InChI is InChI=1S/C16H14BrClN4O2/c1-10-6-7-15(13(18)8-10)24-9-11-12(17)4-3-5-14(11)22-16(23)21(2)19-20-22/h3-8H,9H2,1-2H3. The molecule has 0 radical (unpaired) electrons. The van der Waals surface area contributed by atoms with Crippen LogP contribution in [0, 0.1) is 6.92 Å². The van der Waals surface area contributed by atoms with Crippen molar-refractivity contribution >= 4 is 27.5 Å². The number of aryl methyl sites for hydroxylation is 2. The Morgan fingerprint density at radius 2 is 2.04 bits per heavy atom. The third-order valence-corrected chi connectivity index (χ3v) is 4.54. The van der Waals surface area contributed by atoms with Gasteiger partial charge in [-0.2, -0.15) is 9.36 Å². The van der Waals surface area contributed by atoms with Crippen molar-refractivity contribution in [3.63, 3.8) is 0 Å². The van der Waals surface area contributed by atoms with Gasteiger partial charge in [-0.25, -0.2) is 4.79 Å². The van der Waals surface area contributed by atoms with E-state index >= 15 is 0 Å². The van der Waals surface area contributed by atoms with Crippen LogP contribution < -0.4 is 10.4 Å². The number of aromatic nitrogens is 4. The Balaban J connectivity index is 1.96. The van der Waals surface area contributed by atoms with Crippen molar-refractivity contribution in [2.24, 2.45) is 7.05 Å². The van der Waals surface area contributed by atoms with Gasteiger partial charge in [0.05, 0.1) is 10.7 Å². The first-order valence-corrected chi connectivity index (χ1v) is 8.30. The second kappa shape index (κ2) is 6.78. The van der Waals surface area contributed by atoms with E-state index in [-0.39, 0.29) is 12.3 Å². The Morgan fingerprint density at radius 1 is 1.25 bits per heavy atom. The van der Waals surface area contributed by atoms with Gasteiger partial charge >= 0.3 is 5.69 Å². The fraction of sp³-hybridized carbons (Fsp3) is 0.188. The molecule has 24 heavy (non-hydrogen) atoms. The quantitative estimate of drug-likeness (QED) is 0.663. The lowest BCUT2D eigenvalue weighted by Crippen LogP contribution is -2.23. The summed E-state index contributed by atoms with van der Waals surface area (Å²) in [5.41, 5.74) is 2.10. The molecule has 0 spiro atoms. The van der Waals surface area contributed by atoms with Gasteiger partial charge in [-0.15, -0.1) is 0 Å². The molecule has 3 aromatic rings. The predicted molar refractivity (Wildman–Crippen MR) is 94.8 cm³/mol. The number of hydrogen-bond donors (Lipinski definition) is 0. The minimum atomic E-state index is -0.331. The van der Waals surface area contributed by atoms with Crippen molar-refractivity contribution in [1.82, 2.24) is 19.8 Å². The maximum atomic E-state index is 12.1. The van der Waals surface area contributed by atoms with Crippen LogP contribution >= 0.6 is 27.5 Å². The number of hydrogen-bond acceptors (Lipinski definition) is 4. The summed E-state index contributed by atoms with van der Waals surface area (Å²) in [6.07, 6.45) is 0. The summed E-state index contributed by atoms with van der Waals surface area (Å²) >= 11 is 9.70. The van der Waals surface area contributed by atoms with Gasteiger partial charge in [0.15, 0.2) is 0 Å². The molecule has 124 valence electrons. The highest BCUT2D eigenvalue weighted by molar-refractivity contribution is 9.10. The van der Waals surface area contributed by atoms with E-state index in [2.05, 4.69) is 26.4 Å². The van der Waals surface area contributed by atoms with Crippen molar-refractivity contribution in [2.45, 2.75) is 13.5 Å². The summed E-state index contributed by atoms with van der Waals surface area (Å²) in [5, 5.41) is 8.17. The normalized spacial score (nSPS) is 10.8. The molecule has 0 aliphatic heterocycles. The molecule has 1 aromatic heterocycles. The molecule has 0 saturated carbocycles. The Bertz CT molecular complexity index is 951. The number of tetrazole rings is 1. The Labute approximate surface area is 151 Å². The van der Waals surface area contributed by atoms with Crippen molar-refractivity contribution in [2.75, 3.05) is 0 Å². The van der Waals surface area contributed by atoms with E-state index in [0.717, 1.165) is 15.6 Å². The topological polar surface area (TPSA) is 61.9 Å². The van der Waals surface area contributed by atoms with Gasteiger partial charge in [0.2, 0.25) is 0 Å². The molecule has 0 unspecified atom stereocenters. The highest BCUT2D eigenvalue weighted by Crippen LogP contribution is 2.29. The lowest BCUT2D eigenvalue weighted by atomic mass is 10.2. The zero-order valence-corrected chi connectivity index (χ0v) is 15.4. The van der Waals surface area contributed by atoms with E-state index < -0.39 is 0 Å². The number of rotatable bonds is 4. The van der Waals surface area contributed by atoms with Crippen molar-refractivity contribution in [3.05, 3.63) is 67.5 Å². The lowest BCUT2D eigenvalue weighted by molar-refractivity contribution is 0.305. The third kappa shape index (κ3) is 3.22. The summed E-state index contributed by atoms with van der Waals surface area (Å²) in [6, 6.07) is 11.1. The fourth-order valence-electron chi connectivity index (χ4n) is 2.23. The first-order chi connectivity index (χ1) is 11.5. The average Bonchev–Trinajstić information content (AvgIpc) is 2.87. The van der Waals surface area contributed by atoms with Crippen LogP contribution in [0.3, 0.4) is 0 Å². The summed E-state index contributed by atoms with van der Waals surface area (Å²) in [4.78, 5) is 12.1. The van der Waals surface area contributed by atoms with Gasteiger partial charge in [0.1, 0.15) is 12.4 Å². The molecular weight excluding hydrogens is 396 g/mol. The van der Waals surface area contributed by atoms with E-state index in [9.17, 15) is 4.79 Å². The van der Waals surface area contributed by atoms with Gasteiger partial charge in [0.25, 0.3) is 0 Å². The molecule has 0 aliphatic carbocycles. The first-order valence-electron chi connectivity index (χ1n) is 7.13. The average molecular weight is 410 g/mol. The van der Waals surface area contributed by atoms with Crippen LogP contribution in [0.5, 0.6) is 5.75 Å². The summed E-state index contributed by atoms with van der Waals surface area (Å²) < 4.78 is 9.05. The summed E-state index contributed by atoms with van der Waals surface area (Å²) in [6.45, 7) is 2.19. The highest BCUT2D eigenvalue weighted by Gasteiger charge is 2.14. The van der Waals surface area contributed by atoms with Crippen LogP contribution in [0.25, 0.3) is 5.69 Å². The maximum absolute atomic E-state index is 12.1. The van der Waals surface area contributed by atoms with Crippen LogP contribution in [0.4, 0.5) is 0 Å². The SMILES string of the molecule is Cc1ccc(OCc2c(Br)cccc2-n2nnn(C)c2=O)c(Cl)c1. The molecule has 0 atom stereocenters. The van der Waals surface area contributed by atoms with Crippen LogP contribution in [0.1, 0.15) is 11.1 Å². The van der Waals surface area contributed by atoms with E-state index in [1.54, 1.807) is 13.1 Å². The Hall–Kier alpha value is -2.12. The predicted octanol–water partition coefficient (Wildman–Crippen LogP) is 3.27. The number of halogens is 2. The summed E-state index contributed by atoms with van der Waals surface area (Å²) in [7, 11) is 1.55. The molecule has 0 bridgehead atoms. The molecule has 0 amide bonds. The first kappa shape index (κ1) is 16.7. The van der Waals surface area contributed by atoms with Crippen LogP contribution in [-0.2, 0) is 13.7 Å². The van der Waals surface area contributed by atoms with Gasteiger partial charge in [-0.3, -0.25) is 0 Å². The van der Waals surface area contributed by atoms with Gasteiger partial charge < -0.3 is 4.74 Å². The van der Waals surface area contributed by atoms with Gasteiger partial charge in [0, 0.05) is 17.1 Å². The third-order valence-electron chi connectivity index (χ3n) is 3.50. The summed E-state index contributed by atoms with van der Waals surface area (Å²) in [5.74, 6) is 0.579. The number of ether oxygens (including phenoxy) is 1. The highest BCUT2D eigenvalue weighted by atomic mass is 79.9. The van der Waals surface area contributed by atoms with Crippen molar-refractivity contribution in [1.29, 1.82) is 0 Å². The number of nitrogens with zero attached hydrogens (tertiary/aromatic N) is 4. The van der Waals surface area contributed by atoms with E-state index in [1.165, 1.54) is 9.36 Å². The lowest BCUT2D eigenvalue weighted by Gasteiger charge is -2.13. The van der Waals surface area contributed by atoms with Crippen LogP contribution in [-0.4, -0.2) is 19.8 Å². The molecule has 0 fully saturated rings. The molecular formula is C16H14BrClN4O2. The van der Waals surface area contributed by atoms with Crippen molar-refractivity contribution in [3.8, 4) is 11.4 Å². The minimum absolute atomic E-state index is 0.225. The zero-order chi connectivity index (χ0) is 17.3. The minimum Gasteiger partial charge on any atom is -0.487 e. The molecule has 6 nitrogen and oxygen atoms in total. The Morgan fingerprint density at radius 3 is 2.71 bits per heavy atom. The van der Waals surface area contributed by atoms with Gasteiger partial charge in [-0.05, 0) is 47.2 Å². The molecule has 8 heteroatoms. The smallest absolute Gasteiger partial charge is 0.368 e. The maximum Gasteiger partial charge on any atom is 0.368 e. The van der Waals surface area contributed by atoms with E-state index in [4.69, 9.17) is 16.3 Å². The monoisotopic (exact) mass is 408 g/mol. The number of benzene rings is 2. The molecule has 3 rings (SSSR count). The molecule has 0 aliphatic rings. The van der Waals surface area contributed by atoms with Crippen LogP contribution in [0.15, 0.2) is 45.7 Å². The molecule has 1 heterocycles. The second-order valence-electron chi connectivity index (χ2n) is 5.26. The van der Waals surface area contributed by atoms with Crippen molar-refractivity contribution < 1.29 is 4.74 Å². The van der Waals surface area contributed by atoms with Gasteiger partial charge in [-0.1, -0.05) is 39.7 Å². The molecule has 2 aromatic carbocycles. The zero-order valence-electron chi connectivity index (χ0n) is 13.0. The second-order valence-corrected chi connectivity index (χ2v) is 6.52.